The highest BCUT2D eigenvalue weighted by Gasteiger charge is 2.13. The topological polar surface area (TPSA) is 138 Å². The highest BCUT2D eigenvalue weighted by Crippen LogP contribution is 2.06. The van der Waals surface area contributed by atoms with E-state index in [-0.39, 0.29) is 23.8 Å². The highest BCUT2D eigenvalue weighted by atomic mass is 16.4. The van der Waals surface area contributed by atoms with Crippen molar-refractivity contribution in [1.82, 2.24) is 9.97 Å². The molecule has 0 aliphatic rings. The van der Waals surface area contributed by atoms with Crippen LogP contribution >= 0.6 is 0 Å². The number of primary amides is 1. The van der Waals surface area contributed by atoms with Crippen LogP contribution in [0, 0.1) is 6.92 Å². The minimum atomic E-state index is -1.35. The number of aliphatic hydroxyl groups is 1. The first-order valence-electron chi connectivity index (χ1n) is 4.70. The second kappa shape index (κ2) is 5.21. The highest BCUT2D eigenvalue weighted by molar-refractivity contribution is 5.88. The number of carbonyl (C=O) groups is 2. The molecule has 0 spiro atoms. The molecule has 5 N–H and O–H groups in total. The molecular formula is C9H12N4O4. The number of nitrogens with one attached hydrogen (secondary N) is 1. The first kappa shape index (κ1) is 12.8. The number of anilines is 1. The summed E-state index contributed by atoms with van der Waals surface area (Å²) in [7, 11) is 0. The summed E-state index contributed by atoms with van der Waals surface area (Å²) in [5.41, 5.74) is 5.12. The zero-order chi connectivity index (χ0) is 13.0. The number of nitrogens with two attached hydrogens (primary N) is 1. The quantitative estimate of drug-likeness (QED) is 0.503. The standard InChI is InChI=1S/C9H12N4O4/c1-4-5(8(16)17)2-11-9(13-4)12-3-6(14)7(10)15/h2,6,14H,3H2,1H3,(H2,10,15)(H,16,17)(H,11,12,13). The van der Waals surface area contributed by atoms with E-state index in [2.05, 4.69) is 15.3 Å². The second-order valence-electron chi connectivity index (χ2n) is 3.30. The fourth-order valence-corrected chi connectivity index (χ4v) is 1.05. The fourth-order valence-electron chi connectivity index (χ4n) is 1.05. The van der Waals surface area contributed by atoms with Gasteiger partial charge in [0.15, 0.2) is 0 Å². The molecule has 1 amide bonds. The number of aromatic carboxylic acids is 1. The Kier molecular flexibility index (Phi) is 3.94. The van der Waals surface area contributed by atoms with Gasteiger partial charge in [-0.1, -0.05) is 0 Å². The molecule has 0 fully saturated rings. The summed E-state index contributed by atoms with van der Waals surface area (Å²) in [5, 5.41) is 20.4. The molecule has 8 nitrogen and oxygen atoms in total. The van der Waals surface area contributed by atoms with Crippen molar-refractivity contribution in [1.29, 1.82) is 0 Å². The summed E-state index contributed by atoms with van der Waals surface area (Å²) in [6.07, 6.45) is -0.207. The van der Waals surface area contributed by atoms with Crippen LogP contribution in [0.2, 0.25) is 0 Å². The van der Waals surface area contributed by atoms with Crippen molar-refractivity contribution < 1.29 is 19.8 Å². The van der Waals surface area contributed by atoms with Crippen LogP contribution in [0.15, 0.2) is 6.20 Å². The smallest absolute Gasteiger partial charge is 0.339 e. The maximum absolute atomic E-state index is 10.7. The van der Waals surface area contributed by atoms with Gasteiger partial charge in [0.25, 0.3) is 0 Å². The van der Waals surface area contributed by atoms with Gasteiger partial charge in [-0.15, -0.1) is 0 Å². The van der Waals surface area contributed by atoms with Crippen LogP contribution in [0.5, 0.6) is 0 Å². The molecule has 0 aliphatic carbocycles. The molecule has 0 saturated carbocycles. The number of aryl methyl sites for hydroxylation is 1. The van der Waals surface area contributed by atoms with Crippen LogP contribution in [-0.2, 0) is 4.79 Å². The van der Waals surface area contributed by atoms with Crippen LogP contribution in [0.3, 0.4) is 0 Å². The molecule has 0 bridgehead atoms. The van der Waals surface area contributed by atoms with E-state index < -0.39 is 18.0 Å². The molecule has 1 heterocycles. The number of nitrogens with zero attached hydrogens (tertiary/aromatic N) is 2. The number of carboxylic acid groups (broad SMARTS) is 1. The largest absolute Gasteiger partial charge is 0.478 e. The Labute approximate surface area is 96.5 Å². The number of aromatic nitrogens is 2. The third kappa shape index (κ3) is 3.38. The monoisotopic (exact) mass is 240 g/mol. The fraction of sp³-hybridized carbons (Fsp3) is 0.333. The average Bonchev–Trinajstić information content (AvgIpc) is 2.25. The van der Waals surface area contributed by atoms with Gasteiger partial charge in [0.05, 0.1) is 17.8 Å². The minimum absolute atomic E-state index is 0.00833. The number of hydrogen-bond donors (Lipinski definition) is 4. The van der Waals surface area contributed by atoms with Crippen LogP contribution in [0.1, 0.15) is 16.1 Å². The predicted octanol–water partition coefficient (Wildman–Crippen LogP) is -1.26. The molecule has 92 valence electrons. The molecular weight excluding hydrogens is 228 g/mol. The summed E-state index contributed by atoms with van der Waals surface area (Å²) in [6, 6.07) is 0. The van der Waals surface area contributed by atoms with Crippen LogP contribution < -0.4 is 11.1 Å². The number of amides is 1. The van der Waals surface area contributed by atoms with Gasteiger partial charge in [-0.2, -0.15) is 0 Å². The van der Waals surface area contributed by atoms with E-state index in [4.69, 9.17) is 15.9 Å². The van der Waals surface area contributed by atoms with Crippen molar-refractivity contribution in [2.24, 2.45) is 5.73 Å². The molecule has 0 radical (unpaired) electrons. The van der Waals surface area contributed by atoms with Gasteiger partial charge in [0.1, 0.15) is 6.10 Å². The summed E-state index contributed by atoms with van der Waals surface area (Å²) in [5.74, 6) is -1.87. The second-order valence-corrected chi connectivity index (χ2v) is 3.30. The lowest BCUT2D eigenvalue weighted by Crippen LogP contribution is -2.34. The van der Waals surface area contributed by atoms with Gasteiger partial charge in [0, 0.05) is 6.20 Å². The van der Waals surface area contributed by atoms with Crippen molar-refractivity contribution in [2.45, 2.75) is 13.0 Å². The van der Waals surface area contributed by atoms with Crippen molar-refractivity contribution in [2.75, 3.05) is 11.9 Å². The lowest BCUT2D eigenvalue weighted by atomic mass is 10.2. The first-order chi connectivity index (χ1) is 7.91. The van der Waals surface area contributed by atoms with Crippen molar-refractivity contribution in [3.05, 3.63) is 17.5 Å². The number of carbonyl (C=O) groups excluding carboxylic acids is 1. The van der Waals surface area contributed by atoms with Crippen LogP contribution in [-0.4, -0.2) is 44.7 Å². The van der Waals surface area contributed by atoms with E-state index in [1.165, 1.54) is 6.92 Å². The number of carboxylic acids is 1. The molecule has 1 atom stereocenters. The predicted molar refractivity (Wildman–Crippen MR) is 57.4 cm³/mol. The lowest BCUT2D eigenvalue weighted by molar-refractivity contribution is -0.125. The number of hydrogen-bond acceptors (Lipinski definition) is 6. The minimum Gasteiger partial charge on any atom is -0.478 e. The molecule has 0 aliphatic heterocycles. The molecule has 1 aromatic rings. The van der Waals surface area contributed by atoms with E-state index in [0.29, 0.717) is 0 Å². The Morgan fingerprint density at radius 2 is 2.24 bits per heavy atom. The number of rotatable bonds is 5. The van der Waals surface area contributed by atoms with Gasteiger partial charge in [-0.25, -0.2) is 14.8 Å². The van der Waals surface area contributed by atoms with Gasteiger partial charge < -0.3 is 21.3 Å². The van der Waals surface area contributed by atoms with Crippen molar-refractivity contribution in [3.63, 3.8) is 0 Å². The Balaban J connectivity index is 2.71. The Hall–Kier alpha value is -2.22. The summed E-state index contributed by atoms with van der Waals surface area (Å²) in [6.45, 7) is 1.38. The molecule has 1 unspecified atom stereocenters. The lowest BCUT2D eigenvalue weighted by Gasteiger charge is -2.09. The normalized spacial score (nSPS) is 11.9. The van der Waals surface area contributed by atoms with Gasteiger partial charge in [-0.05, 0) is 6.92 Å². The van der Waals surface area contributed by atoms with Crippen molar-refractivity contribution >= 4 is 17.8 Å². The summed E-state index contributed by atoms with van der Waals surface area (Å²) >= 11 is 0. The van der Waals surface area contributed by atoms with E-state index in [9.17, 15) is 9.59 Å². The van der Waals surface area contributed by atoms with Gasteiger partial charge in [-0.3, -0.25) is 4.79 Å². The average molecular weight is 240 g/mol. The zero-order valence-electron chi connectivity index (χ0n) is 9.04. The van der Waals surface area contributed by atoms with E-state index in [1.807, 2.05) is 0 Å². The van der Waals surface area contributed by atoms with Gasteiger partial charge >= 0.3 is 5.97 Å². The third-order valence-corrected chi connectivity index (χ3v) is 1.99. The summed E-state index contributed by atoms with van der Waals surface area (Å²) in [4.78, 5) is 28.8. The molecule has 8 heteroatoms. The maximum atomic E-state index is 10.7. The van der Waals surface area contributed by atoms with E-state index >= 15 is 0 Å². The maximum Gasteiger partial charge on any atom is 0.339 e. The number of aliphatic hydroxyl groups excluding tert-OH is 1. The van der Waals surface area contributed by atoms with Crippen LogP contribution in [0.4, 0.5) is 5.95 Å². The Bertz CT molecular complexity index is 449. The molecule has 1 rings (SSSR count). The van der Waals surface area contributed by atoms with Gasteiger partial charge in [0.2, 0.25) is 11.9 Å². The third-order valence-electron chi connectivity index (χ3n) is 1.99. The molecule has 0 aromatic carbocycles. The molecule has 0 saturated heterocycles. The Morgan fingerprint density at radius 3 is 2.71 bits per heavy atom. The van der Waals surface area contributed by atoms with Crippen LogP contribution in [0.25, 0.3) is 0 Å². The van der Waals surface area contributed by atoms with E-state index in [0.717, 1.165) is 6.20 Å². The molecule has 17 heavy (non-hydrogen) atoms. The SMILES string of the molecule is Cc1nc(NCC(O)C(N)=O)ncc1C(=O)O. The summed E-state index contributed by atoms with van der Waals surface area (Å²) < 4.78 is 0. The zero-order valence-corrected chi connectivity index (χ0v) is 9.04. The Morgan fingerprint density at radius 1 is 1.59 bits per heavy atom. The first-order valence-corrected chi connectivity index (χ1v) is 4.70. The van der Waals surface area contributed by atoms with Crippen molar-refractivity contribution in [3.8, 4) is 0 Å². The van der Waals surface area contributed by atoms with E-state index in [1.54, 1.807) is 0 Å². The molecule has 1 aromatic heterocycles.